The summed E-state index contributed by atoms with van der Waals surface area (Å²) in [7, 11) is 0. The maximum absolute atomic E-state index is 12.3. The molecule has 1 aromatic carbocycles. The Kier molecular flexibility index (Phi) is 5.13. The van der Waals surface area contributed by atoms with Gasteiger partial charge in [0.25, 0.3) is 0 Å². The third-order valence-corrected chi connectivity index (χ3v) is 5.17. The number of aliphatic hydroxyl groups is 1. The molecule has 0 atom stereocenters. The van der Waals surface area contributed by atoms with Crippen LogP contribution >= 0.6 is 0 Å². The van der Waals surface area contributed by atoms with E-state index in [1.807, 2.05) is 23.1 Å². The van der Waals surface area contributed by atoms with Crippen molar-refractivity contribution in [2.24, 2.45) is 5.41 Å². The van der Waals surface area contributed by atoms with Crippen LogP contribution in [0.4, 0.5) is 0 Å². The number of nitrogens with zero attached hydrogens (tertiary/aromatic N) is 2. The molecular weight excluding hydrogens is 288 g/mol. The fourth-order valence-corrected chi connectivity index (χ4v) is 3.76. The van der Waals surface area contributed by atoms with Gasteiger partial charge in [-0.2, -0.15) is 0 Å². The van der Waals surface area contributed by atoms with E-state index >= 15 is 0 Å². The molecule has 1 amide bonds. The Bertz CT molecular complexity index is 548. The van der Waals surface area contributed by atoms with Gasteiger partial charge in [0.15, 0.2) is 0 Å². The maximum atomic E-state index is 12.3. The molecule has 2 aliphatic rings. The van der Waals surface area contributed by atoms with Gasteiger partial charge in [0, 0.05) is 26.1 Å². The number of carbonyl (C=O) groups excluding carboxylic acids is 1. The topological polar surface area (TPSA) is 43.8 Å². The molecule has 2 fully saturated rings. The average molecular weight is 314 g/mol. The highest BCUT2D eigenvalue weighted by Crippen LogP contribution is 2.40. The van der Waals surface area contributed by atoms with Crippen molar-refractivity contribution in [2.75, 3.05) is 39.3 Å². The molecule has 4 heteroatoms. The van der Waals surface area contributed by atoms with Crippen LogP contribution in [-0.2, 0) is 4.79 Å². The summed E-state index contributed by atoms with van der Waals surface area (Å²) in [6.07, 6.45) is 7.00. The number of rotatable bonds is 5. The summed E-state index contributed by atoms with van der Waals surface area (Å²) in [5, 5.41) is 9.04. The first-order valence-electron chi connectivity index (χ1n) is 8.53. The van der Waals surface area contributed by atoms with Crippen LogP contribution in [0.3, 0.4) is 0 Å². The van der Waals surface area contributed by atoms with Crippen LogP contribution in [0.1, 0.15) is 24.8 Å². The zero-order valence-corrected chi connectivity index (χ0v) is 13.7. The molecule has 0 bridgehead atoms. The van der Waals surface area contributed by atoms with Crippen molar-refractivity contribution in [2.45, 2.75) is 19.3 Å². The third kappa shape index (κ3) is 4.01. The first-order chi connectivity index (χ1) is 11.2. The highest BCUT2D eigenvalue weighted by Gasteiger charge is 2.44. The summed E-state index contributed by atoms with van der Waals surface area (Å²) in [5.74, 6) is 0.290. The quantitative estimate of drug-likeness (QED) is 0.904. The molecule has 4 nitrogen and oxygen atoms in total. The number of hydrogen-bond donors (Lipinski definition) is 1. The number of piperidine rings is 1. The Morgan fingerprint density at radius 3 is 2.61 bits per heavy atom. The van der Waals surface area contributed by atoms with Gasteiger partial charge in [-0.25, -0.2) is 0 Å². The first kappa shape index (κ1) is 16.2. The highest BCUT2D eigenvalue weighted by molar-refractivity contribution is 5.79. The van der Waals surface area contributed by atoms with Crippen LogP contribution in [-0.4, -0.2) is 60.1 Å². The number of hydrogen-bond acceptors (Lipinski definition) is 3. The molecule has 1 spiro atoms. The van der Waals surface area contributed by atoms with Gasteiger partial charge in [0.05, 0.1) is 6.61 Å². The summed E-state index contributed by atoms with van der Waals surface area (Å²) >= 11 is 0. The minimum atomic E-state index is 0.170. The largest absolute Gasteiger partial charge is 0.395 e. The summed E-state index contributed by atoms with van der Waals surface area (Å²) in [6, 6.07) is 10.2. The number of aliphatic hydroxyl groups excluding tert-OH is 1. The van der Waals surface area contributed by atoms with Crippen LogP contribution in [0.5, 0.6) is 0 Å². The number of likely N-dealkylation sites (tertiary alicyclic amines) is 2. The van der Waals surface area contributed by atoms with Crippen molar-refractivity contribution in [3.05, 3.63) is 42.0 Å². The van der Waals surface area contributed by atoms with E-state index in [-0.39, 0.29) is 12.0 Å². The molecule has 0 radical (unpaired) electrons. The Balaban J connectivity index is 1.53. The molecule has 2 saturated heterocycles. The lowest BCUT2D eigenvalue weighted by Crippen LogP contribution is -2.42. The molecule has 3 rings (SSSR count). The van der Waals surface area contributed by atoms with Crippen LogP contribution in [0.2, 0.25) is 0 Å². The summed E-state index contributed by atoms with van der Waals surface area (Å²) in [5.41, 5.74) is 1.34. The maximum Gasteiger partial charge on any atom is 0.223 e. The summed E-state index contributed by atoms with van der Waals surface area (Å²) in [6.45, 7) is 4.58. The molecule has 124 valence electrons. The van der Waals surface area contributed by atoms with Crippen molar-refractivity contribution < 1.29 is 9.90 Å². The lowest BCUT2D eigenvalue weighted by Gasteiger charge is -2.38. The van der Waals surface area contributed by atoms with E-state index in [9.17, 15) is 4.79 Å². The van der Waals surface area contributed by atoms with Gasteiger partial charge in [-0.15, -0.1) is 0 Å². The van der Waals surface area contributed by atoms with E-state index in [0.29, 0.717) is 18.9 Å². The number of benzene rings is 1. The normalized spacial score (nSPS) is 21.6. The van der Waals surface area contributed by atoms with Gasteiger partial charge < -0.3 is 14.9 Å². The minimum Gasteiger partial charge on any atom is -0.395 e. The van der Waals surface area contributed by atoms with Crippen molar-refractivity contribution >= 4 is 12.0 Å². The SMILES string of the molecule is O=C1CC2(CCN(CCO)CC2)CN1CC=Cc1ccccc1. The Morgan fingerprint density at radius 1 is 1.17 bits per heavy atom. The smallest absolute Gasteiger partial charge is 0.223 e. The van der Waals surface area contributed by atoms with E-state index in [0.717, 1.165) is 39.0 Å². The molecule has 2 heterocycles. The third-order valence-electron chi connectivity index (χ3n) is 5.17. The molecule has 2 aliphatic heterocycles. The molecule has 0 aliphatic carbocycles. The molecule has 1 aromatic rings. The zero-order chi connectivity index (χ0) is 16.1. The first-order valence-corrected chi connectivity index (χ1v) is 8.53. The van der Waals surface area contributed by atoms with Crippen molar-refractivity contribution in [3.63, 3.8) is 0 Å². The van der Waals surface area contributed by atoms with E-state index in [1.165, 1.54) is 5.56 Å². The summed E-state index contributed by atoms with van der Waals surface area (Å²) < 4.78 is 0. The summed E-state index contributed by atoms with van der Waals surface area (Å²) in [4.78, 5) is 16.6. The van der Waals surface area contributed by atoms with Crippen LogP contribution in [0.15, 0.2) is 36.4 Å². The average Bonchev–Trinajstić information content (AvgIpc) is 2.87. The molecule has 0 aromatic heterocycles. The van der Waals surface area contributed by atoms with Crippen molar-refractivity contribution in [1.29, 1.82) is 0 Å². The standard InChI is InChI=1S/C19H26N2O2/c22-14-13-20-11-8-19(9-12-20)15-18(23)21(16-19)10-4-7-17-5-2-1-3-6-17/h1-7,22H,8-16H2. The molecule has 23 heavy (non-hydrogen) atoms. The Labute approximate surface area is 138 Å². The number of carbonyl (C=O) groups is 1. The minimum absolute atomic E-state index is 0.170. The number of β-amino-alcohol motifs (C(OH)–C–C–N with tert-alkyl or cyclic N) is 1. The molecule has 0 unspecified atom stereocenters. The predicted octanol–water partition coefficient (Wildman–Crippen LogP) is 2.01. The van der Waals surface area contributed by atoms with Gasteiger partial charge in [0.2, 0.25) is 5.91 Å². The van der Waals surface area contributed by atoms with Crippen LogP contribution in [0, 0.1) is 5.41 Å². The highest BCUT2D eigenvalue weighted by atomic mass is 16.3. The van der Waals surface area contributed by atoms with E-state index in [4.69, 9.17) is 5.11 Å². The second-order valence-corrected chi connectivity index (χ2v) is 6.83. The van der Waals surface area contributed by atoms with Gasteiger partial charge in [-0.05, 0) is 36.9 Å². The molecule has 0 saturated carbocycles. The van der Waals surface area contributed by atoms with E-state index in [2.05, 4.69) is 29.2 Å². The van der Waals surface area contributed by atoms with Crippen LogP contribution < -0.4 is 0 Å². The zero-order valence-electron chi connectivity index (χ0n) is 13.7. The fourth-order valence-electron chi connectivity index (χ4n) is 3.76. The van der Waals surface area contributed by atoms with Gasteiger partial charge in [0.1, 0.15) is 0 Å². The second kappa shape index (κ2) is 7.28. The lowest BCUT2D eigenvalue weighted by molar-refractivity contribution is -0.127. The van der Waals surface area contributed by atoms with Gasteiger partial charge >= 0.3 is 0 Å². The fraction of sp³-hybridized carbons (Fsp3) is 0.526. The second-order valence-electron chi connectivity index (χ2n) is 6.83. The Morgan fingerprint density at radius 2 is 1.91 bits per heavy atom. The number of amides is 1. The van der Waals surface area contributed by atoms with E-state index in [1.54, 1.807) is 0 Å². The van der Waals surface area contributed by atoms with Gasteiger partial charge in [-0.1, -0.05) is 42.5 Å². The van der Waals surface area contributed by atoms with Crippen LogP contribution in [0.25, 0.3) is 6.08 Å². The monoisotopic (exact) mass is 314 g/mol. The van der Waals surface area contributed by atoms with Crippen molar-refractivity contribution in [3.8, 4) is 0 Å². The molecular formula is C19H26N2O2. The van der Waals surface area contributed by atoms with E-state index < -0.39 is 0 Å². The van der Waals surface area contributed by atoms with Crippen molar-refractivity contribution in [1.82, 2.24) is 9.80 Å². The van der Waals surface area contributed by atoms with Gasteiger partial charge in [-0.3, -0.25) is 4.79 Å². The predicted molar refractivity (Wildman–Crippen MR) is 91.9 cm³/mol. The Hall–Kier alpha value is -1.65. The molecule has 1 N–H and O–H groups in total. The lowest BCUT2D eigenvalue weighted by atomic mass is 9.77.